The van der Waals surface area contributed by atoms with Crippen molar-refractivity contribution in [3.8, 4) is 11.4 Å². The van der Waals surface area contributed by atoms with E-state index >= 15 is 0 Å². The van der Waals surface area contributed by atoms with Crippen LogP contribution in [0.5, 0.6) is 0 Å². The molecule has 7 rings (SSSR count). The van der Waals surface area contributed by atoms with Crippen LogP contribution in [-0.2, 0) is 9.47 Å². The zero-order valence-corrected chi connectivity index (χ0v) is 21.5. The lowest BCUT2D eigenvalue weighted by atomic mass is 10.2. The monoisotopic (exact) mass is 550 g/mol. The smallest absolute Gasteiger partial charge is 0.323 e. The number of carbonyl (C=O) groups is 1. The second-order valence-corrected chi connectivity index (χ2v) is 10.5. The Hall–Kier alpha value is -3.97. The van der Waals surface area contributed by atoms with Gasteiger partial charge in [0.2, 0.25) is 11.9 Å². The number of ether oxygens (including phenoxy) is 2. The van der Waals surface area contributed by atoms with Gasteiger partial charge < -0.3 is 29.9 Å². The van der Waals surface area contributed by atoms with Gasteiger partial charge in [-0.2, -0.15) is 15.0 Å². The van der Waals surface area contributed by atoms with Crippen molar-refractivity contribution in [1.29, 1.82) is 0 Å². The molecule has 2 amide bonds. The van der Waals surface area contributed by atoms with Crippen molar-refractivity contribution >= 4 is 29.3 Å². The number of fused-ring (bicyclic) bond motifs is 4. The van der Waals surface area contributed by atoms with E-state index in [1.54, 1.807) is 48.8 Å². The number of benzene rings is 1. The number of halogens is 2. The maximum atomic E-state index is 14.9. The largest absolute Gasteiger partial charge is 0.377 e. The van der Waals surface area contributed by atoms with Gasteiger partial charge in [-0.1, -0.05) is 0 Å². The summed E-state index contributed by atoms with van der Waals surface area (Å²) in [6.45, 7) is 1.30. The predicted molar refractivity (Wildman–Crippen MR) is 143 cm³/mol. The van der Waals surface area contributed by atoms with E-state index < -0.39 is 30.5 Å². The maximum Gasteiger partial charge on any atom is 0.323 e. The highest BCUT2D eigenvalue weighted by Crippen LogP contribution is 2.38. The van der Waals surface area contributed by atoms with Crippen LogP contribution in [0.25, 0.3) is 11.4 Å². The van der Waals surface area contributed by atoms with Gasteiger partial charge in [0.05, 0.1) is 62.5 Å². The zero-order valence-electron chi connectivity index (χ0n) is 21.5. The van der Waals surface area contributed by atoms with E-state index in [9.17, 15) is 13.6 Å². The number of anilines is 4. The number of hydrogen-bond acceptors (Lipinski definition) is 9. The number of morpholine rings is 2. The van der Waals surface area contributed by atoms with Gasteiger partial charge >= 0.3 is 6.03 Å². The molecule has 0 aliphatic carbocycles. The van der Waals surface area contributed by atoms with Crippen LogP contribution in [0.1, 0.15) is 12.8 Å². The van der Waals surface area contributed by atoms with Crippen LogP contribution in [-0.4, -0.2) is 88.9 Å². The Morgan fingerprint density at radius 1 is 0.800 bits per heavy atom. The van der Waals surface area contributed by atoms with E-state index in [1.807, 2.05) is 9.80 Å². The number of amides is 2. The molecule has 4 bridgehead atoms. The summed E-state index contributed by atoms with van der Waals surface area (Å²) in [5, 5.41) is 5.51. The summed E-state index contributed by atoms with van der Waals surface area (Å²) in [4.78, 5) is 34.5. The molecular weight excluding hydrogens is 522 g/mol. The molecule has 1 aromatic carbocycles. The first-order valence-corrected chi connectivity index (χ1v) is 13.4. The van der Waals surface area contributed by atoms with Crippen molar-refractivity contribution < 1.29 is 23.0 Å². The number of pyridine rings is 1. The summed E-state index contributed by atoms with van der Waals surface area (Å²) in [5.74, 6) is 1.10. The van der Waals surface area contributed by atoms with Crippen molar-refractivity contribution in [3.63, 3.8) is 0 Å². The Morgan fingerprint density at radius 3 is 1.95 bits per heavy atom. The minimum atomic E-state index is -1.05. The van der Waals surface area contributed by atoms with Crippen molar-refractivity contribution in [2.75, 3.05) is 46.9 Å². The van der Waals surface area contributed by atoms with Gasteiger partial charge in [-0.25, -0.2) is 13.6 Å². The lowest BCUT2D eigenvalue weighted by molar-refractivity contribution is 0.0810. The molecule has 4 aliphatic heterocycles. The number of urea groups is 1. The molecule has 0 unspecified atom stereocenters. The van der Waals surface area contributed by atoms with E-state index in [2.05, 4.69) is 15.6 Å². The molecule has 13 heteroatoms. The number of hydrogen-bond donors (Lipinski definition) is 2. The molecule has 6 heterocycles. The molecule has 4 saturated heterocycles. The normalized spacial score (nSPS) is 28.9. The van der Waals surface area contributed by atoms with Gasteiger partial charge in [0.15, 0.2) is 5.82 Å². The van der Waals surface area contributed by atoms with E-state index in [1.165, 1.54) is 0 Å². The van der Waals surface area contributed by atoms with E-state index in [0.717, 1.165) is 0 Å². The zero-order chi connectivity index (χ0) is 27.2. The second-order valence-electron chi connectivity index (χ2n) is 10.5. The van der Waals surface area contributed by atoms with Gasteiger partial charge in [-0.05, 0) is 36.4 Å². The number of nitrogens with zero attached hydrogens (tertiary/aromatic N) is 6. The van der Waals surface area contributed by atoms with E-state index in [-0.39, 0.29) is 25.3 Å². The third kappa shape index (κ3) is 4.58. The van der Waals surface area contributed by atoms with Crippen LogP contribution in [0.2, 0.25) is 0 Å². The van der Waals surface area contributed by atoms with Crippen molar-refractivity contribution in [1.82, 2.24) is 19.9 Å². The summed E-state index contributed by atoms with van der Waals surface area (Å²) >= 11 is 0. The number of alkyl halides is 2. The summed E-state index contributed by atoms with van der Waals surface area (Å²) in [6, 6.07) is 8.80. The molecule has 0 saturated carbocycles. The molecule has 0 spiro atoms. The Kier molecular flexibility index (Phi) is 6.39. The first-order valence-electron chi connectivity index (χ1n) is 13.4. The van der Waals surface area contributed by atoms with Crippen molar-refractivity contribution in [2.24, 2.45) is 0 Å². The molecule has 40 heavy (non-hydrogen) atoms. The number of rotatable bonds is 5. The van der Waals surface area contributed by atoms with E-state index in [4.69, 9.17) is 24.4 Å². The highest BCUT2D eigenvalue weighted by Gasteiger charge is 2.49. The Labute approximate surface area is 228 Å². The Bertz CT molecular complexity index is 1330. The van der Waals surface area contributed by atoms with Crippen LogP contribution >= 0.6 is 0 Å². The van der Waals surface area contributed by atoms with Gasteiger partial charge in [0, 0.05) is 30.3 Å². The fourth-order valence-corrected chi connectivity index (χ4v) is 6.04. The van der Waals surface area contributed by atoms with E-state index in [0.29, 0.717) is 60.7 Å². The summed E-state index contributed by atoms with van der Waals surface area (Å²) in [6.07, 6.45) is 1.77. The average Bonchev–Trinajstić information content (AvgIpc) is 3.28. The Morgan fingerprint density at radius 2 is 1.40 bits per heavy atom. The van der Waals surface area contributed by atoms with Gasteiger partial charge in [0.25, 0.3) is 0 Å². The molecule has 4 aliphatic rings. The maximum absolute atomic E-state index is 14.9. The van der Waals surface area contributed by atoms with Crippen LogP contribution in [0.3, 0.4) is 0 Å². The second kappa shape index (κ2) is 10.2. The highest BCUT2D eigenvalue weighted by atomic mass is 19.1. The first-order chi connectivity index (χ1) is 19.5. The molecule has 3 aromatic rings. The topological polar surface area (TPSA) is 118 Å². The quantitative estimate of drug-likeness (QED) is 0.494. The van der Waals surface area contributed by atoms with Crippen LogP contribution < -0.4 is 20.4 Å². The molecule has 208 valence electrons. The third-order valence-electron chi connectivity index (χ3n) is 7.92. The lowest BCUT2D eigenvalue weighted by Crippen LogP contribution is -2.50. The fraction of sp³-hybridized carbons (Fsp3) is 0.444. The van der Waals surface area contributed by atoms with Crippen LogP contribution in [0.4, 0.5) is 36.8 Å². The summed E-state index contributed by atoms with van der Waals surface area (Å²) < 4.78 is 40.9. The van der Waals surface area contributed by atoms with Crippen LogP contribution in [0.15, 0.2) is 48.8 Å². The predicted octanol–water partition coefficient (Wildman–Crippen LogP) is 3.21. The molecule has 2 N–H and O–H groups in total. The molecule has 0 radical (unpaired) electrons. The standard InChI is InChI=1S/C27H28F2N8O3/c28-20-8-18-11-39-13-22(20)36(18)25-33-24(34-26(35-25)37-19-9-21(29)23(37)14-40-12-19)15-3-5-16(6-4-15)31-27(38)32-17-2-1-7-30-10-17/h1-7,10,18-23H,8-9,11-14H2,(H2,31,32,38)/t18-,19-,20+,21+,22-,23-/m0/s1. The summed E-state index contributed by atoms with van der Waals surface area (Å²) in [7, 11) is 0. The molecule has 6 atom stereocenters. The third-order valence-corrected chi connectivity index (χ3v) is 7.92. The first kappa shape index (κ1) is 25.0. The van der Waals surface area contributed by atoms with Crippen LogP contribution in [0, 0.1) is 0 Å². The highest BCUT2D eigenvalue weighted by molar-refractivity contribution is 5.99. The molecule has 11 nitrogen and oxygen atoms in total. The van der Waals surface area contributed by atoms with Crippen molar-refractivity contribution in [3.05, 3.63) is 48.8 Å². The minimum Gasteiger partial charge on any atom is -0.377 e. The minimum absolute atomic E-state index is 0.183. The SMILES string of the molecule is O=C(Nc1ccc(-c2nc(N3[C@@H]4COC[C@H]3[C@H](F)C4)nc(N3[C@@H]4COC[C@H]3[C@H](F)C4)n2)cc1)Nc1cccnc1. The number of nitrogens with one attached hydrogen (secondary N) is 2. The average molecular weight is 551 g/mol. The van der Waals surface area contributed by atoms with Gasteiger partial charge in [-0.3, -0.25) is 4.98 Å². The van der Waals surface area contributed by atoms with Gasteiger partial charge in [0.1, 0.15) is 12.3 Å². The van der Waals surface area contributed by atoms with Crippen molar-refractivity contribution in [2.45, 2.75) is 49.4 Å². The Balaban J connectivity index is 1.19. The van der Waals surface area contributed by atoms with Gasteiger partial charge in [-0.15, -0.1) is 0 Å². The molecular formula is C27H28F2N8O3. The molecule has 2 aromatic heterocycles. The summed E-state index contributed by atoms with van der Waals surface area (Å²) in [5.41, 5.74) is 1.82. The number of aromatic nitrogens is 4. The molecule has 4 fully saturated rings. The fourth-order valence-electron chi connectivity index (χ4n) is 6.04. The number of carbonyl (C=O) groups excluding carboxylic acids is 1. The lowest BCUT2D eigenvalue weighted by Gasteiger charge is -2.37.